The molecule has 0 bridgehead atoms. The molecule has 4 heteroatoms. The highest BCUT2D eigenvalue weighted by atomic mass is 32.1. The Kier molecular flexibility index (Phi) is 3.50. The normalized spacial score (nSPS) is 10.7. The Hall–Kier alpha value is -2.17. The summed E-state index contributed by atoms with van der Waals surface area (Å²) in [7, 11) is 0. The molecule has 0 aliphatic rings. The van der Waals surface area contributed by atoms with E-state index in [2.05, 4.69) is 17.1 Å². The molecule has 3 aromatic rings. The summed E-state index contributed by atoms with van der Waals surface area (Å²) in [5, 5.41) is 10.5. The maximum atomic E-state index is 9.58. The van der Waals surface area contributed by atoms with E-state index in [1.54, 1.807) is 23.5 Å². The second-order valence-electron chi connectivity index (χ2n) is 4.42. The van der Waals surface area contributed by atoms with E-state index in [4.69, 9.17) is 5.73 Å². The van der Waals surface area contributed by atoms with Crippen molar-refractivity contribution in [2.75, 3.05) is 0 Å². The number of phenolic OH excluding ortho intramolecular Hbond substituents is 1. The summed E-state index contributed by atoms with van der Waals surface area (Å²) in [4.78, 5) is 5.69. The van der Waals surface area contributed by atoms with Gasteiger partial charge < -0.3 is 10.8 Å². The van der Waals surface area contributed by atoms with Gasteiger partial charge in [0.2, 0.25) is 0 Å². The molecule has 0 saturated carbocycles. The molecule has 100 valence electrons. The van der Waals surface area contributed by atoms with Gasteiger partial charge in [-0.15, -0.1) is 11.3 Å². The lowest BCUT2D eigenvalue weighted by atomic mass is 10.1. The van der Waals surface area contributed by atoms with Crippen LogP contribution in [0.5, 0.6) is 5.75 Å². The van der Waals surface area contributed by atoms with Gasteiger partial charge in [0, 0.05) is 12.1 Å². The van der Waals surface area contributed by atoms with Crippen LogP contribution in [-0.2, 0) is 6.54 Å². The van der Waals surface area contributed by atoms with Crippen LogP contribution in [0.3, 0.4) is 0 Å². The zero-order valence-corrected chi connectivity index (χ0v) is 11.6. The van der Waals surface area contributed by atoms with Crippen molar-refractivity contribution in [3.8, 4) is 26.8 Å². The fourth-order valence-corrected chi connectivity index (χ4v) is 3.16. The average molecular weight is 282 g/mol. The van der Waals surface area contributed by atoms with Crippen molar-refractivity contribution >= 4 is 11.3 Å². The molecule has 20 heavy (non-hydrogen) atoms. The van der Waals surface area contributed by atoms with Crippen LogP contribution in [0.15, 0.2) is 54.6 Å². The molecule has 0 amide bonds. The second-order valence-corrected chi connectivity index (χ2v) is 5.41. The van der Waals surface area contributed by atoms with Crippen LogP contribution in [0.1, 0.15) is 5.69 Å². The van der Waals surface area contributed by atoms with E-state index in [0.29, 0.717) is 6.54 Å². The summed E-state index contributed by atoms with van der Waals surface area (Å²) in [6, 6.07) is 17.2. The molecule has 3 nitrogen and oxygen atoms in total. The Bertz CT molecular complexity index is 722. The van der Waals surface area contributed by atoms with Crippen LogP contribution >= 0.6 is 11.3 Å². The van der Waals surface area contributed by atoms with Crippen LogP contribution in [0, 0.1) is 0 Å². The summed E-state index contributed by atoms with van der Waals surface area (Å²) in [6.07, 6.45) is 0. The third kappa shape index (κ3) is 2.43. The first kappa shape index (κ1) is 12.8. The minimum atomic E-state index is 0.244. The molecule has 0 spiro atoms. The van der Waals surface area contributed by atoms with Crippen molar-refractivity contribution in [2.24, 2.45) is 5.73 Å². The Morgan fingerprint density at radius 2 is 1.75 bits per heavy atom. The van der Waals surface area contributed by atoms with Gasteiger partial charge in [-0.1, -0.05) is 42.5 Å². The number of benzene rings is 2. The van der Waals surface area contributed by atoms with Crippen molar-refractivity contribution in [2.45, 2.75) is 6.54 Å². The van der Waals surface area contributed by atoms with E-state index < -0.39 is 0 Å². The number of nitrogens with zero attached hydrogens (tertiary/aromatic N) is 1. The lowest BCUT2D eigenvalue weighted by molar-refractivity contribution is 0.475. The highest BCUT2D eigenvalue weighted by Crippen LogP contribution is 2.36. The van der Waals surface area contributed by atoms with Gasteiger partial charge in [0.1, 0.15) is 10.8 Å². The first-order chi connectivity index (χ1) is 9.78. The molecule has 0 aliphatic carbocycles. The van der Waals surface area contributed by atoms with E-state index >= 15 is 0 Å². The quantitative estimate of drug-likeness (QED) is 0.771. The minimum absolute atomic E-state index is 0.244. The van der Waals surface area contributed by atoms with Crippen LogP contribution in [0.25, 0.3) is 21.0 Å². The zero-order chi connectivity index (χ0) is 13.9. The summed E-state index contributed by atoms with van der Waals surface area (Å²) >= 11 is 1.60. The third-order valence-electron chi connectivity index (χ3n) is 3.02. The Labute approximate surface area is 121 Å². The number of rotatable bonds is 3. The molecule has 0 atom stereocenters. The van der Waals surface area contributed by atoms with Crippen LogP contribution in [-0.4, -0.2) is 10.1 Å². The first-order valence-electron chi connectivity index (χ1n) is 6.32. The Balaban J connectivity index is 2.10. The van der Waals surface area contributed by atoms with Gasteiger partial charge in [-0.2, -0.15) is 0 Å². The van der Waals surface area contributed by atoms with Gasteiger partial charge in [-0.3, -0.25) is 0 Å². The first-order valence-corrected chi connectivity index (χ1v) is 7.14. The maximum absolute atomic E-state index is 9.58. The smallest absolute Gasteiger partial charge is 0.124 e. The van der Waals surface area contributed by atoms with Gasteiger partial charge in [0.15, 0.2) is 0 Å². The second kappa shape index (κ2) is 5.45. The van der Waals surface area contributed by atoms with Crippen molar-refractivity contribution in [1.29, 1.82) is 0 Å². The van der Waals surface area contributed by atoms with Gasteiger partial charge in [0.25, 0.3) is 0 Å². The fourth-order valence-electron chi connectivity index (χ4n) is 2.07. The Morgan fingerprint density at radius 1 is 1.00 bits per heavy atom. The average Bonchev–Trinajstić information content (AvgIpc) is 2.92. The maximum Gasteiger partial charge on any atom is 0.124 e. The third-order valence-corrected chi connectivity index (χ3v) is 4.22. The van der Waals surface area contributed by atoms with Crippen molar-refractivity contribution in [1.82, 2.24) is 4.98 Å². The lowest BCUT2D eigenvalue weighted by Gasteiger charge is -1.98. The van der Waals surface area contributed by atoms with Gasteiger partial charge in [-0.05, 0) is 17.7 Å². The zero-order valence-electron chi connectivity index (χ0n) is 10.8. The molecule has 2 aromatic carbocycles. The van der Waals surface area contributed by atoms with E-state index in [-0.39, 0.29) is 5.75 Å². The van der Waals surface area contributed by atoms with Crippen molar-refractivity contribution in [3.63, 3.8) is 0 Å². The van der Waals surface area contributed by atoms with E-state index in [1.165, 1.54) is 0 Å². The summed E-state index contributed by atoms with van der Waals surface area (Å²) in [5.41, 5.74) is 8.72. The molecule has 0 aliphatic heterocycles. The highest BCUT2D eigenvalue weighted by molar-refractivity contribution is 7.18. The number of aromatic hydroxyl groups is 1. The standard InChI is InChI=1S/C16H14N2OS/c17-10-14-15(11-5-2-1-3-6-11)20-16(18-14)12-7-4-8-13(19)9-12/h1-9,19H,10,17H2. The molecule has 3 rings (SSSR count). The fraction of sp³-hybridized carbons (Fsp3) is 0.0625. The molecule has 1 aromatic heterocycles. The van der Waals surface area contributed by atoms with Crippen LogP contribution < -0.4 is 5.73 Å². The molecule has 1 heterocycles. The number of nitrogens with two attached hydrogens (primary N) is 1. The van der Waals surface area contributed by atoms with E-state index in [1.807, 2.05) is 30.3 Å². The minimum Gasteiger partial charge on any atom is -0.508 e. The lowest BCUT2D eigenvalue weighted by Crippen LogP contribution is -1.98. The van der Waals surface area contributed by atoms with Crippen LogP contribution in [0.4, 0.5) is 0 Å². The summed E-state index contributed by atoms with van der Waals surface area (Å²) in [5.74, 6) is 0.244. The van der Waals surface area contributed by atoms with E-state index in [9.17, 15) is 5.11 Å². The van der Waals surface area contributed by atoms with Gasteiger partial charge >= 0.3 is 0 Å². The number of hydrogen-bond donors (Lipinski definition) is 2. The topological polar surface area (TPSA) is 59.1 Å². The van der Waals surface area contributed by atoms with Gasteiger partial charge in [0.05, 0.1) is 10.6 Å². The SMILES string of the molecule is NCc1nc(-c2cccc(O)c2)sc1-c1ccccc1. The summed E-state index contributed by atoms with van der Waals surface area (Å²) in [6.45, 7) is 0.402. The van der Waals surface area contributed by atoms with Crippen LogP contribution in [0.2, 0.25) is 0 Å². The number of phenols is 1. The number of thiazole rings is 1. The number of aromatic nitrogens is 1. The highest BCUT2D eigenvalue weighted by Gasteiger charge is 2.13. The Morgan fingerprint density at radius 3 is 2.45 bits per heavy atom. The molecule has 3 N–H and O–H groups in total. The molecule has 0 unspecified atom stereocenters. The molecule has 0 fully saturated rings. The van der Waals surface area contributed by atoms with E-state index in [0.717, 1.165) is 26.7 Å². The summed E-state index contributed by atoms with van der Waals surface area (Å²) < 4.78 is 0. The predicted octanol–water partition coefficient (Wildman–Crippen LogP) is 3.64. The monoisotopic (exact) mass is 282 g/mol. The predicted molar refractivity (Wildman–Crippen MR) is 82.5 cm³/mol. The number of hydrogen-bond acceptors (Lipinski definition) is 4. The van der Waals surface area contributed by atoms with Crippen molar-refractivity contribution in [3.05, 3.63) is 60.3 Å². The molecule has 0 saturated heterocycles. The van der Waals surface area contributed by atoms with Crippen molar-refractivity contribution < 1.29 is 5.11 Å². The molecule has 0 radical (unpaired) electrons. The molecular weight excluding hydrogens is 268 g/mol. The molecular formula is C16H14N2OS. The largest absolute Gasteiger partial charge is 0.508 e. The van der Waals surface area contributed by atoms with Gasteiger partial charge in [-0.25, -0.2) is 4.98 Å².